The first-order valence-corrected chi connectivity index (χ1v) is 16.7. The van der Waals surface area contributed by atoms with Crippen LogP contribution in [-0.2, 0) is 32.6 Å². The first-order valence-electron chi connectivity index (χ1n) is 14.5. The van der Waals surface area contributed by atoms with Gasteiger partial charge in [0.25, 0.3) is 10.0 Å². The molecule has 44 heavy (non-hydrogen) atoms. The van der Waals surface area contributed by atoms with Gasteiger partial charge < -0.3 is 10.2 Å². The maximum absolute atomic E-state index is 14.5. The summed E-state index contributed by atoms with van der Waals surface area (Å²) in [7, 11) is -4.15. The molecule has 0 aliphatic carbocycles. The fourth-order valence-corrected chi connectivity index (χ4v) is 6.72. The molecule has 1 N–H and O–H groups in total. The highest BCUT2D eigenvalue weighted by Gasteiger charge is 2.35. The smallest absolute Gasteiger partial charge is 0.264 e. The third-order valence-corrected chi connectivity index (χ3v) is 9.73. The lowest BCUT2D eigenvalue weighted by Gasteiger charge is -2.34. The number of rotatable bonds is 12. The summed E-state index contributed by atoms with van der Waals surface area (Å²) in [5.74, 6) is -0.799. The third-order valence-electron chi connectivity index (χ3n) is 7.42. The molecule has 0 saturated carbocycles. The Kier molecular flexibility index (Phi) is 11.0. The minimum atomic E-state index is -4.15. The molecule has 0 aromatic heterocycles. The summed E-state index contributed by atoms with van der Waals surface area (Å²) in [5.41, 5.74) is 3.75. The predicted octanol–water partition coefficient (Wildman–Crippen LogP) is 6.43. The second-order valence-electron chi connectivity index (χ2n) is 11.1. The molecule has 1 atom stereocenters. The minimum absolute atomic E-state index is 0.0755. The van der Waals surface area contributed by atoms with Crippen molar-refractivity contribution >= 4 is 43.5 Å². The number of hydrogen-bond acceptors (Lipinski definition) is 4. The average Bonchev–Trinajstić information content (AvgIpc) is 3.00. The van der Waals surface area contributed by atoms with Crippen molar-refractivity contribution in [2.24, 2.45) is 0 Å². The largest absolute Gasteiger partial charge is 0.352 e. The van der Waals surface area contributed by atoms with Crippen LogP contribution in [0.1, 0.15) is 36.1 Å². The molecule has 0 radical (unpaired) electrons. The topological polar surface area (TPSA) is 86.8 Å². The summed E-state index contributed by atoms with van der Waals surface area (Å²) < 4.78 is 30.4. The van der Waals surface area contributed by atoms with Crippen LogP contribution in [0.5, 0.6) is 0 Å². The van der Waals surface area contributed by atoms with Gasteiger partial charge >= 0.3 is 0 Å². The van der Waals surface area contributed by atoms with Crippen LogP contribution in [0.15, 0.2) is 112 Å². The lowest BCUT2D eigenvalue weighted by Crippen LogP contribution is -2.54. The van der Waals surface area contributed by atoms with Crippen LogP contribution < -0.4 is 9.62 Å². The quantitative estimate of drug-likeness (QED) is 0.188. The molecule has 0 bridgehead atoms. The third kappa shape index (κ3) is 8.15. The van der Waals surface area contributed by atoms with Crippen molar-refractivity contribution in [1.29, 1.82) is 0 Å². The van der Waals surface area contributed by atoms with Crippen molar-refractivity contribution in [3.05, 3.63) is 130 Å². The van der Waals surface area contributed by atoms with E-state index in [-0.39, 0.29) is 29.8 Å². The van der Waals surface area contributed by atoms with Gasteiger partial charge in [-0.25, -0.2) is 8.42 Å². The van der Waals surface area contributed by atoms with Crippen molar-refractivity contribution < 1.29 is 18.0 Å². The number of amides is 2. The average molecular weight is 677 g/mol. The van der Waals surface area contributed by atoms with Crippen LogP contribution in [0.2, 0.25) is 0 Å². The maximum atomic E-state index is 14.5. The lowest BCUT2D eigenvalue weighted by molar-refractivity contribution is -0.140. The molecular weight excluding hydrogens is 638 g/mol. The van der Waals surface area contributed by atoms with E-state index in [4.69, 9.17) is 0 Å². The Bertz CT molecular complexity index is 1680. The molecule has 0 fully saturated rings. The molecule has 4 aromatic carbocycles. The van der Waals surface area contributed by atoms with Gasteiger partial charge in [-0.15, -0.1) is 0 Å². The monoisotopic (exact) mass is 675 g/mol. The normalized spacial score (nSPS) is 12.0. The van der Waals surface area contributed by atoms with Crippen molar-refractivity contribution in [2.75, 3.05) is 10.8 Å². The zero-order chi connectivity index (χ0) is 31.9. The van der Waals surface area contributed by atoms with Gasteiger partial charge in [0.15, 0.2) is 0 Å². The van der Waals surface area contributed by atoms with Crippen LogP contribution in [0, 0.1) is 13.8 Å². The van der Waals surface area contributed by atoms with E-state index in [0.717, 1.165) is 26.7 Å². The standard InChI is InChI=1S/C35H38BrN3O4S/c1-25(2)37-35(41)33(22-28-13-7-5-8-14-28)38(23-29-18-20-30(36)21-19-29)34(40)24-39(32-17-11-12-26(3)27(32)4)44(42,43)31-15-9-6-10-16-31/h5-21,25,33H,22-24H2,1-4H3,(H,37,41)/t33-/m1/s1. The maximum Gasteiger partial charge on any atom is 0.264 e. The molecule has 0 unspecified atom stereocenters. The zero-order valence-corrected chi connectivity index (χ0v) is 27.8. The van der Waals surface area contributed by atoms with E-state index in [0.29, 0.717) is 5.69 Å². The van der Waals surface area contributed by atoms with E-state index in [1.807, 2.05) is 88.4 Å². The van der Waals surface area contributed by atoms with Crippen molar-refractivity contribution in [3.8, 4) is 0 Å². The number of carbonyl (C=O) groups excluding carboxylic acids is 2. The Morgan fingerprint density at radius 2 is 1.41 bits per heavy atom. The lowest BCUT2D eigenvalue weighted by atomic mass is 10.0. The molecule has 4 aromatic rings. The van der Waals surface area contributed by atoms with Crippen LogP contribution in [-0.4, -0.2) is 43.8 Å². The molecule has 2 amide bonds. The van der Waals surface area contributed by atoms with Gasteiger partial charge in [0.05, 0.1) is 10.6 Å². The van der Waals surface area contributed by atoms with Crippen LogP contribution in [0.3, 0.4) is 0 Å². The Morgan fingerprint density at radius 1 is 0.795 bits per heavy atom. The molecular formula is C35H38BrN3O4S. The fraction of sp³-hybridized carbons (Fsp3) is 0.257. The first-order chi connectivity index (χ1) is 21.0. The number of anilines is 1. The van der Waals surface area contributed by atoms with E-state index < -0.39 is 28.5 Å². The molecule has 4 rings (SSSR count). The van der Waals surface area contributed by atoms with Gasteiger partial charge in [0, 0.05) is 23.5 Å². The summed E-state index contributed by atoms with van der Waals surface area (Å²) in [4.78, 5) is 29.9. The number of aryl methyl sites for hydroxylation is 1. The summed E-state index contributed by atoms with van der Waals surface area (Å²) in [6.45, 7) is 7.11. The van der Waals surface area contributed by atoms with Crippen molar-refractivity contribution in [3.63, 3.8) is 0 Å². The van der Waals surface area contributed by atoms with Crippen molar-refractivity contribution in [1.82, 2.24) is 10.2 Å². The highest BCUT2D eigenvalue weighted by atomic mass is 79.9. The number of sulfonamides is 1. The molecule has 0 aliphatic rings. The minimum Gasteiger partial charge on any atom is -0.352 e. The Labute approximate surface area is 269 Å². The van der Waals surface area contributed by atoms with Crippen LogP contribution in [0.4, 0.5) is 5.69 Å². The fourth-order valence-electron chi connectivity index (χ4n) is 4.96. The molecule has 9 heteroatoms. The number of nitrogens with one attached hydrogen (secondary N) is 1. The predicted molar refractivity (Wildman–Crippen MR) is 179 cm³/mol. The second-order valence-corrected chi connectivity index (χ2v) is 13.8. The van der Waals surface area contributed by atoms with E-state index >= 15 is 0 Å². The molecule has 0 saturated heterocycles. The van der Waals surface area contributed by atoms with Gasteiger partial charge in [0.2, 0.25) is 11.8 Å². The Morgan fingerprint density at radius 3 is 2.02 bits per heavy atom. The van der Waals surface area contributed by atoms with Gasteiger partial charge in [-0.1, -0.05) is 88.7 Å². The number of nitrogens with zero attached hydrogens (tertiary/aromatic N) is 2. The number of halogens is 1. The number of benzene rings is 4. The van der Waals surface area contributed by atoms with Crippen molar-refractivity contribution in [2.45, 2.75) is 57.6 Å². The first kappa shape index (κ1) is 33.0. The molecule has 230 valence electrons. The van der Waals surface area contributed by atoms with Gasteiger partial charge in [-0.3, -0.25) is 13.9 Å². The highest BCUT2D eigenvalue weighted by Crippen LogP contribution is 2.29. The summed E-state index contributed by atoms with van der Waals surface area (Å²) >= 11 is 3.46. The van der Waals surface area contributed by atoms with E-state index in [9.17, 15) is 18.0 Å². The van der Waals surface area contributed by atoms with E-state index in [1.54, 1.807) is 30.3 Å². The van der Waals surface area contributed by atoms with E-state index in [1.165, 1.54) is 21.3 Å². The molecule has 7 nitrogen and oxygen atoms in total. The second kappa shape index (κ2) is 14.7. The summed E-state index contributed by atoms with van der Waals surface area (Å²) in [6.07, 6.45) is 0.260. The van der Waals surface area contributed by atoms with Crippen LogP contribution >= 0.6 is 15.9 Å². The summed E-state index contributed by atoms with van der Waals surface area (Å²) in [5, 5.41) is 2.98. The zero-order valence-electron chi connectivity index (χ0n) is 25.4. The van der Waals surface area contributed by atoms with Gasteiger partial charge in [-0.05, 0) is 80.3 Å². The Hall–Kier alpha value is -3.95. The summed E-state index contributed by atoms with van der Waals surface area (Å²) in [6, 6.07) is 29.5. The van der Waals surface area contributed by atoms with Gasteiger partial charge in [0.1, 0.15) is 12.6 Å². The molecule has 0 spiro atoms. The highest BCUT2D eigenvalue weighted by molar-refractivity contribution is 9.10. The number of hydrogen-bond donors (Lipinski definition) is 1. The molecule has 0 heterocycles. The Balaban J connectivity index is 1.82. The van der Waals surface area contributed by atoms with Crippen LogP contribution in [0.25, 0.3) is 0 Å². The SMILES string of the molecule is Cc1cccc(N(CC(=O)N(Cc2ccc(Br)cc2)[C@H](Cc2ccccc2)C(=O)NC(C)C)S(=O)(=O)c2ccccc2)c1C. The van der Waals surface area contributed by atoms with Gasteiger partial charge in [-0.2, -0.15) is 0 Å². The molecule has 0 aliphatic heterocycles. The number of carbonyl (C=O) groups is 2. The van der Waals surface area contributed by atoms with E-state index in [2.05, 4.69) is 21.2 Å².